The molecule has 0 bridgehead atoms. The molecular weight excluding hydrogens is 412 g/mol. The third-order valence-electron chi connectivity index (χ3n) is 5.41. The number of amides is 2. The van der Waals surface area contributed by atoms with Crippen LogP contribution in [0.2, 0.25) is 0 Å². The maximum absolute atomic E-state index is 12.5. The van der Waals surface area contributed by atoms with E-state index in [-0.39, 0.29) is 17.2 Å². The summed E-state index contributed by atoms with van der Waals surface area (Å²) < 4.78 is 0. The van der Waals surface area contributed by atoms with Crippen molar-refractivity contribution >= 4 is 34.6 Å². The largest absolute Gasteiger partial charge is 0.361 e. The molecule has 0 saturated carbocycles. The number of para-hydroxylation sites is 1. The molecule has 0 aliphatic carbocycles. The second-order valence-electron chi connectivity index (χ2n) is 8.85. The second-order valence-corrected chi connectivity index (χ2v) is 8.85. The predicted molar refractivity (Wildman–Crippen MR) is 133 cm³/mol. The number of hydrogen-bond acceptors (Lipinski definition) is 3. The van der Waals surface area contributed by atoms with Gasteiger partial charge in [0.15, 0.2) is 0 Å². The molecule has 0 aliphatic heterocycles. The Balaban J connectivity index is 1.35. The molecule has 2 amide bonds. The molecule has 0 unspecified atom stereocenters. The first-order valence-corrected chi connectivity index (χ1v) is 10.7. The monoisotopic (exact) mass is 438 g/mol. The van der Waals surface area contributed by atoms with E-state index in [2.05, 4.69) is 41.6 Å². The normalized spacial score (nSPS) is 11.6. The van der Waals surface area contributed by atoms with Gasteiger partial charge in [-0.3, -0.25) is 9.59 Å². The van der Waals surface area contributed by atoms with Crippen LogP contribution >= 0.6 is 0 Å². The molecule has 0 fully saturated rings. The van der Waals surface area contributed by atoms with E-state index >= 15 is 0 Å². The number of aromatic nitrogens is 1. The number of benzene rings is 3. The molecule has 1 aromatic heterocycles. The van der Waals surface area contributed by atoms with Gasteiger partial charge in [0.2, 0.25) is 0 Å². The maximum atomic E-state index is 12.5. The number of fused-ring (bicyclic) bond motifs is 1. The van der Waals surface area contributed by atoms with Gasteiger partial charge in [-0.05, 0) is 53.4 Å². The first-order valence-electron chi connectivity index (χ1n) is 10.7. The molecule has 0 spiro atoms. The van der Waals surface area contributed by atoms with Crippen LogP contribution in [0.4, 0.5) is 5.69 Å². The lowest BCUT2D eigenvalue weighted by Gasteiger charge is -2.19. The van der Waals surface area contributed by atoms with E-state index in [1.165, 1.54) is 5.56 Å². The Morgan fingerprint density at radius 1 is 0.848 bits per heavy atom. The summed E-state index contributed by atoms with van der Waals surface area (Å²) in [6.45, 7) is 6.40. The minimum atomic E-state index is -0.332. The van der Waals surface area contributed by atoms with E-state index in [9.17, 15) is 9.59 Å². The van der Waals surface area contributed by atoms with Crippen LogP contribution in [-0.2, 0) is 5.41 Å². The number of nitrogens with zero attached hydrogens (tertiary/aromatic N) is 1. The molecule has 4 aromatic rings. The Labute approximate surface area is 192 Å². The third-order valence-corrected chi connectivity index (χ3v) is 5.41. The third kappa shape index (κ3) is 5.18. The molecule has 3 N–H and O–H groups in total. The van der Waals surface area contributed by atoms with E-state index in [0.29, 0.717) is 16.8 Å². The van der Waals surface area contributed by atoms with Crippen LogP contribution in [0.1, 0.15) is 52.6 Å². The Morgan fingerprint density at radius 3 is 2.18 bits per heavy atom. The lowest BCUT2D eigenvalue weighted by atomic mass is 9.87. The van der Waals surface area contributed by atoms with Gasteiger partial charge in [-0.1, -0.05) is 51.1 Å². The molecule has 4 rings (SSSR count). The van der Waals surface area contributed by atoms with Crippen LogP contribution in [0.3, 0.4) is 0 Å². The van der Waals surface area contributed by atoms with Crippen molar-refractivity contribution in [3.63, 3.8) is 0 Å². The van der Waals surface area contributed by atoms with Crippen molar-refractivity contribution in [3.8, 4) is 0 Å². The highest BCUT2D eigenvalue weighted by Gasteiger charge is 2.14. The first kappa shape index (κ1) is 22.0. The zero-order valence-electron chi connectivity index (χ0n) is 18.8. The molecule has 0 radical (unpaired) electrons. The molecular formula is C27H26N4O2. The SMILES string of the molecule is CC(C)(C)c1ccc(C(=O)Nc2ccc(C(=O)NN=Cc3c[nH]c4ccccc34)cc2)cc1. The zero-order chi connectivity index (χ0) is 23.4. The van der Waals surface area contributed by atoms with Crippen molar-refractivity contribution in [2.45, 2.75) is 26.2 Å². The lowest BCUT2D eigenvalue weighted by molar-refractivity contribution is 0.0954. The number of hydrogen-bond donors (Lipinski definition) is 3. The van der Waals surface area contributed by atoms with Crippen molar-refractivity contribution in [2.24, 2.45) is 5.10 Å². The fourth-order valence-electron chi connectivity index (χ4n) is 3.46. The van der Waals surface area contributed by atoms with Crippen molar-refractivity contribution in [2.75, 3.05) is 5.32 Å². The van der Waals surface area contributed by atoms with E-state index in [1.54, 1.807) is 30.5 Å². The van der Waals surface area contributed by atoms with Gasteiger partial charge >= 0.3 is 0 Å². The van der Waals surface area contributed by atoms with Gasteiger partial charge in [0, 0.05) is 39.5 Å². The van der Waals surface area contributed by atoms with Crippen LogP contribution in [0.25, 0.3) is 10.9 Å². The molecule has 0 aliphatic rings. The smallest absolute Gasteiger partial charge is 0.271 e. The highest BCUT2D eigenvalue weighted by molar-refractivity contribution is 6.04. The second kappa shape index (κ2) is 9.12. The first-order chi connectivity index (χ1) is 15.8. The number of hydrazone groups is 1. The fraction of sp³-hybridized carbons (Fsp3) is 0.148. The van der Waals surface area contributed by atoms with Gasteiger partial charge in [-0.15, -0.1) is 0 Å². The molecule has 0 atom stereocenters. The van der Waals surface area contributed by atoms with E-state index in [4.69, 9.17) is 0 Å². The summed E-state index contributed by atoms with van der Waals surface area (Å²) in [5, 5.41) is 7.95. The quantitative estimate of drug-likeness (QED) is 0.285. The zero-order valence-corrected chi connectivity index (χ0v) is 18.8. The number of carbonyl (C=O) groups is 2. The minimum Gasteiger partial charge on any atom is -0.361 e. The van der Waals surface area contributed by atoms with Crippen molar-refractivity contribution < 1.29 is 9.59 Å². The summed E-state index contributed by atoms with van der Waals surface area (Å²) in [6, 6.07) is 22.1. The summed E-state index contributed by atoms with van der Waals surface area (Å²) in [5.41, 5.74) is 7.26. The number of carbonyl (C=O) groups excluding carboxylic acids is 2. The van der Waals surface area contributed by atoms with Crippen molar-refractivity contribution in [3.05, 3.63) is 101 Å². The van der Waals surface area contributed by atoms with E-state index in [0.717, 1.165) is 16.5 Å². The van der Waals surface area contributed by atoms with Gasteiger partial charge in [0.1, 0.15) is 0 Å². The Kier molecular flexibility index (Phi) is 6.09. The highest BCUT2D eigenvalue weighted by Crippen LogP contribution is 2.22. The van der Waals surface area contributed by atoms with Crippen molar-refractivity contribution in [1.82, 2.24) is 10.4 Å². The van der Waals surface area contributed by atoms with Gasteiger partial charge in [0.25, 0.3) is 11.8 Å². The van der Waals surface area contributed by atoms with Crippen LogP contribution in [0.5, 0.6) is 0 Å². The molecule has 1 heterocycles. The van der Waals surface area contributed by atoms with Crippen LogP contribution < -0.4 is 10.7 Å². The maximum Gasteiger partial charge on any atom is 0.271 e. The van der Waals surface area contributed by atoms with Gasteiger partial charge in [-0.25, -0.2) is 5.43 Å². The van der Waals surface area contributed by atoms with Gasteiger partial charge in [0.05, 0.1) is 6.21 Å². The number of aromatic amines is 1. The molecule has 6 nitrogen and oxygen atoms in total. The molecule has 0 saturated heterocycles. The number of rotatable bonds is 5. The topological polar surface area (TPSA) is 86.3 Å². The average molecular weight is 439 g/mol. The molecule has 166 valence electrons. The molecule has 6 heteroatoms. The lowest BCUT2D eigenvalue weighted by Crippen LogP contribution is -2.18. The Hall–Kier alpha value is -4.19. The average Bonchev–Trinajstić information content (AvgIpc) is 3.22. The van der Waals surface area contributed by atoms with Gasteiger partial charge in [-0.2, -0.15) is 5.10 Å². The number of nitrogens with one attached hydrogen (secondary N) is 3. The summed E-state index contributed by atoms with van der Waals surface area (Å²) >= 11 is 0. The number of H-pyrrole nitrogens is 1. The summed E-state index contributed by atoms with van der Waals surface area (Å²) in [4.78, 5) is 28.1. The van der Waals surface area contributed by atoms with Crippen LogP contribution in [-0.4, -0.2) is 23.0 Å². The fourth-order valence-corrected chi connectivity index (χ4v) is 3.46. The minimum absolute atomic E-state index is 0.0326. The Morgan fingerprint density at radius 2 is 1.48 bits per heavy atom. The predicted octanol–water partition coefficient (Wildman–Crippen LogP) is 5.48. The molecule has 3 aromatic carbocycles. The number of anilines is 1. The van der Waals surface area contributed by atoms with Crippen LogP contribution in [0, 0.1) is 0 Å². The summed E-state index contributed by atoms with van der Waals surface area (Å²) in [6.07, 6.45) is 3.45. The van der Waals surface area contributed by atoms with E-state index in [1.807, 2.05) is 54.7 Å². The summed E-state index contributed by atoms with van der Waals surface area (Å²) in [5.74, 6) is -0.530. The highest BCUT2D eigenvalue weighted by atomic mass is 16.2. The standard InChI is InChI=1S/C27H26N4O2/c1-27(2,3)21-12-8-18(9-13-21)25(32)30-22-14-10-19(11-15-22)26(33)31-29-17-20-16-28-24-7-5-4-6-23(20)24/h4-17,28H,1-3H3,(H,30,32)(H,31,33). The van der Waals surface area contributed by atoms with Gasteiger partial charge < -0.3 is 10.3 Å². The van der Waals surface area contributed by atoms with Crippen molar-refractivity contribution in [1.29, 1.82) is 0 Å². The van der Waals surface area contributed by atoms with Crippen LogP contribution in [0.15, 0.2) is 84.1 Å². The molecule has 33 heavy (non-hydrogen) atoms. The summed E-state index contributed by atoms with van der Waals surface area (Å²) in [7, 11) is 0. The van der Waals surface area contributed by atoms with E-state index < -0.39 is 0 Å². The Bertz CT molecular complexity index is 1310.